The van der Waals surface area contributed by atoms with Crippen LogP contribution in [0.4, 0.5) is 0 Å². The third-order valence-corrected chi connectivity index (χ3v) is 0.827. The summed E-state index contributed by atoms with van der Waals surface area (Å²) in [7, 11) is 0. The van der Waals surface area contributed by atoms with Crippen molar-refractivity contribution in [2.45, 2.75) is 0 Å². The third-order valence-electron chi connectivity index (χ3n) is 0.372. The lowest BCUT2D eigenvalue weighted by atomic mass is 11.2. The maximum Gasteiger partial charge on any atom is 0.0825 e. The van der Waals surface area contributed by atoms with Gasteiger partial charge in [-0.15, -0.1) is 4.89 Å². The van der Waals surface area contributed by atoms with E-state index < -0.39 is 0 Å². The predicted octanol–water partition coefficient (Wildman–Crippen LogP) is -0.864. The molecule has 0 unspecified atom stereocenters. The second-order valence-electron chi connectivity index (χ2n) is 0.753. The Kier molecular flexibility index (Phi) is 1.72. The first-order valence-corrected chi connectivity index (χ1v) is 2.34. The van der Waals surface area contributed by atoms with Crippen molar-refractivity contribution >= 4 is 12.1 Å². The zero-order valence-corrected chi connectivity index (χ0v) is 3.84. The number of hydrogen-bond acceptors (Lipinski definition) is 5. The zero-order valence-electron chi connectivity index (χ0n) is 3.02. The molecule has 1 fully saturated rings. The Hall–Kier alpha value is 0.190. The number of hydrogen-bond donors (Lipinski definition) is 3. The summed E-state index contributed by atoms with van der Waals surface area (Å²) in [5.74, 6) is 0. The normalized spacial score (nSPS) is 24.0. The molecule has 0 spiro atoms. The molecule has 0 radical (unpaired) electrons. The molecule has 1 saturated heterocycles. The topological polar surface area (TPSA) is 45.3 Å². The van der Waals surface area contributed by atoms with Crippen molar-refractivity contribution in [2.75, 3.05) is 6.67 Å². The molecule has 4 nitrogen and oxygen atoms in total. The van der Waals surface area contributed by atoms with E-state index in [9.17, 15) is 0 Å². The molecule has 1 heterocycles. The highest BCUT2D eigenvalue weighted by Crippen LogP contribution is 1.83. The fraction of sp³-hybridized carbons (Fsp3) is 1.00. The van der Waals surface area contributed by atoms with Crippen LogP contribution < -0.4 is 15.1 Å². The Labute approximate surface area is 39.8 Å². The van der Waals surface area contributed by atoms with Crippen molar-refractivity contribution in [3.63, 3.8) is 0 Å². The maximum absolute atomic E-state index is 4.47. The molecule has 5 heteroatoms. The first-order chi connectivity index (χ1) is 3.00. The molecule has 0 atom stereocenters. The van der Waals surface area contributed by atoms with Gasteiger partial charge in [0.1, 0.15) is 0 Å². The molecular weight excluding hydrogens is 102 g/mol. The summed E-state index contributed by atoms with van der Waals surface area (Å²) in [6.07, 6.45) is 0. The van der Waals surface area contributed by atoms with Crippen LogP contribution >= 0.6 is 12.1 Å². The molecule has 1 aliphatic rings. The van der Waals surface area contributed by atoms with E-state index in [1.54, 1.807) is 0 Å². The van der Waals surface area contributed by atoms with E-state index in [-0.39, 0.29) is 0 Å². The van der Waals surface area contributed by atoms with Crippen molar-refractivity contribution in [3.8, 4) is 0 Å². The fourth-order valence-electron chi connectivity index (χ4n) is 0.181. The summed E-state index contributed by atoms with van der Waals surface area (Å²) >= 11 is 1.31. The lowest BCUT2D eigenvalue weighted by Crippen LogP contribution is -2.36. The van der Waals surface area contributed by atoms with Gasteiger partial charge < -0.3 is 0 Å². The van der Waals surface area contributed by atoms with Gasteiger partial charge in [0.25, 0.3) is 0 Å². The maximum atomic E-state index is 4.47. The first kappa shape index (κ1) is 4.35. The molecule has 0 aromatic rings. The van der Waals surface area contributed by atoms with Gasteiger partial charge in [0, 0.05) is 12.1 Å². The van der Waals surface area contributed by atoms with Crippen LogP contribution in [-0.4, -0.2) is 6.67 Å². The van der Waals surface area contributed by atoms with Crippen molar-refractivity contribution in [3.05, 3.63) is 0 Å². The Balaban J connectivity index is 2.00. The molecular formula is CH5N3OS. The Morgan fingerprint density at radius 2 is 2.67 bits per heavy atom. The second kappa shape index (κ2) is 2.38. The van der Waals surface area contributed by atoms with Gasteiger partial charge >= 0.3 is 0 Å². The van der Waals surface area contributed by atoms with Gasteiger partial charge in [0.2, 0.25) is 0 Å². The quantitative estimate of drug-likeness (QED) is 0.351. The Morgan fingerprint density at radius 1 is 1.67 bits per heavy atom. The molecule has 0 bridgehead atoms. The van der Waals surface area contributed by atoms with Crippen LogP contribution in [0.3, 0.4) is 0 Å². The zero-order chi connectivity index (χ0) is 4.24. The van der Waals surface area contributed by atoms with Crippen LogP contribution in [0.15, 0.2) is 0 Å². The van der Waals surface area contributed by atoms with Gasteiger partial charge in [-0.1, -0.05) is 0 Å². The Morgan fingerprint density at radius 3 is 2.83 bits per heavy atom. The highest BCUT2D eigenvalue weighted by atomic mass is 32.2. The molecule has 36 valence electrons. The summed E-state index contributed by atoms with van der Waals surface area (Å²) in [4.78, 5) is 6.95. The largest absolute Gasteiger partial charge is 0.233 e. The lowest BCUT2D eigenvalue weighted by Gasteiger charge is -2.10. The molecule has 1 rings (SSSR count). The van der Waals surface area contributed by atoms with E-state index in [1.165, 1.54) is 12.1 Å². The SMILES string of the molecule is C1NONSN1. The standard InChI is InChI=1S/CH5N3OS/c1-2-5-4-6-3-1/h2-4H,1H2. The number of nitrogens with one attached hydrogen (secondary N) is 3. The average molecular weight is 107 g/mol. The van der Waals surface area contributed by atoms with Gasteiger partial charge in [0.15, 0.2) is 0 Å². The summed E-state index contributed by atoms with van der Waals surface area (Å²) in [6, 6.07) is 0. The average Bonchev–Trinajstić information content (AvgIpc) is 1.72. The number of rotatable bonds is 0. The van der Waals surface area contributed by atoms with Crippen molar-refractivity contribution in [2.24, 2.45) is 0 Å². The summed E-state index contributed by atoms with van der Waals surface area (Å²) in [6.45, 7) is 0.678. The molecule has 1 aliphatic heterocycles. The van der Waals surface area contributed by atoms with E-state index in [0.717, 1.165) is 0 Å². The van der Waals surface area contributed by atoms with Crippen LogP contribution in [0.5, 0.6) is 0 Å². The molecule has 0 aromatic carbocycles. The fourth-order valence-corrected chi connectivity index (χ4v) is 0.472. The molecule has 0 aliphatic carbocycles. The summed E-state index contributed by atoms with van der Waals surface area (Å²) < 4.78 is 2.85. The van der Waals surface area contributed by atoms with Crippen LogP contribution in [0, 0.1) is 0 Å². The van der Waals surface area contributed by atoms with Crippen LogP contribution in [-0.2, 0) is 4.94 Å². The summed E-state index contributed by atoms with van der Waals surface area (Å²) in [5, 5.41) is 0. The van der Waals surface area contributed by atoms with Crippen LogP contribution in [0.25, 0.3) is 0 Å². The lowest BCUT2D eigenvalue weighted by molar-refractivity contribution is -0.000299. The molecule has 3 N–H and O–H groups in total. The van der Waals surface area contributed by atoms with Crippen molar-refractivity contribution < 1.29 is 4.94 Å². The summed E-state index contributed by atoms with van der Waals surface area (Å²) in [5.41, 5.74) is 2.54. The molecule has 6 heavy (non-hydrogen) atoms. The monoisotopic (exact) mass is 107 g/mol. The molecule has 0 amide bonds. The van der Waals surface area contributed by atoms with Crippen LogP contribution in [0.2, 0.25) is 0 Å². The Bertz CT molecular complexity index is 26.3. The van der Waals surface area contributed by atoms with Gasteiger partial charge in [0.05, 0.1) is 6.67 Å². The van der Waals surface area contributed by atoms with E-state index in [4.69, 9.17) is 0 Å². The van der Waals surface area contributed by atoms with Gasteiger partial charge in [-0.3, -0.25) is 0 Å². The predicted molar refractivity (Wildman–Crippen MR) is 23.0 cm³/mol. The van der Waals surface area contributed by atoms with Crippen molar-refractivity contribution in [1.29, 1.82) is 0 Å². The van der Waals surface area contributed by atoms with E-state index >= 15 is 0 Å². The highest BCUT2D eigenvalue weighted by molar-refractivity contribution is 7.95. The minimum atomic E-state index is 0.678. The molecule has 0 aromatic heterocycles. The van der Waals surface area contributed by atoms with Gasteiger partial charge in [-0.2, -0.15) is 5.48 Å². The first-order valence-electron chi connectivity index (χ1n) is 1.52. The van der Waals surface area contributed by atoms with Gasteiger partial charge in [-0.25, -0.2) is 9.66 Å². The van der Waals surface area contributed by atoms with E-state index in [1.807, 2.05) is 0 Å². The van der Waals surface area contributed by atoms with E-state index in [2.05, 4.69) is 20.0 Å². The minimum absolute atomic E-state index is 0.678. The minimum Gasteiger partial charge on any atom is -0.233 e. The third kappa shape index (κ3) is 1.11. The van der Waals surface area contributed by atoms with Gasteiger partial charge in [-0.05, 0) is 0 Å². The second-order valence-corrected chi connectivity index (χ2v) is 1.41. The number of hydroxylamine groups is 1. The smallest absolute Gasteiger partial charge is 0.0825 e. The molecule has 0 saturated carbocycles. The van der Waals surface area contributed by atoms with Crippen LogP contribution in [0.1, 0.15) is 0 Å². The van der Waals surface area contributed by atoms with Crippen molar-refractivity contribution in [1.82, 2.24) is 15.1 Å². The van der Waals surface area contributed by atoms with E-state index in [0.29, 0.717) is 6.67 Å². The highest BCUT2D eigenvalue weighted by Gasteiger charge is 1.91.